The normalized spacial score (nSPS) is 18.1. The van der Waals surface area contributed by atoms with Gasteiger partial charge in [-0.05, 0) is 25.2 Å². The largest absolute Gasteiger partial charge is 0.480 e. The lowest BCUT2D eigenvalue weighted by molar-refractivity contribution is -0.139. The summed E-state index contributed by atoms with van der Waals surface area (Å²) in [5, 5.41) is 8.85. The van der Waals surface area contributed by atoms with Gasteiger partial charge in [-0.1, -0.05) is 6.92 Å². The molecular weight excluding hydrogens is 194 g/mol. The second-order valence-corrected chi connectivity index (χ2v) is 4.28. The average Bonchev–Trinajstić information content (AvgIpc) is 2.96. The molecular formula is C11H21NO3. The van der Waals surface area contributed by atoms with Crippen molar-refractivity contribution in [2.75, 3.05) is 26.8 Å². The minimum atomic E-state index is -0.745. The average molecular weight is 215 g/mol. The van der Waals surface area contributed by atoms with Crippen molar-refractivity contribution in [1.29, 1.82) is 0 Å². The van der Waals surface area contributed by atoms with E-state index in [0.29, 0.717) is 6.61 Å². The van der Waals surface area contributed by atoms with Crippen LogP contribution in [0.4, 0.5) is 0 Å². The molecule has 1 rings (SSSR count). The lowest BCUT2D eigenvalue weighted by atomic mass is 10.2. The highest BCUT2D eigenvalue weighted by Crippen LogP contribution is 2.30. The maximum absolute atomic E-state index is 10.8. The van der Waals surface area contributed by atoms with Gasteiger partial charge in [-0.15, -0.1) is 0 Å². The summed E-state index contributed by atoms with van der Waals surface area (Å²) in [6.45, 7) is 3.74. The molecule has 1 fully saturated rings. The summed E-state index contributed by atoms with van der Waals surface area (Å²) in [4.78, 5) is 12.8. The molecule has 88 valence electrons. The predicted molar refractivity (Wildman–Crippen MR) is 57.9 cm³/mol. The van der Waals surface area contributed by atoms with Crippen LogP contribution in [0.25, 0.3) is 0 Å². The highest BCUT2D eigenvalue weighted by molar-refractivity contribution is 5.69. The minimum Gasteiger partial charge on any atom is -0.480 e. The van der Waals surface area contributed by atoms with Gasteiger partial charge in [0.25, 0.3) is 0 Å². The molecule has 0 saturated heterocycles. The molecule has 0 spiro atoms. The second-order valence-electron chi connectivity index (χ2n) is 4.28. The molecule has 4 heteroatoms. The van der Waals surface area contributed by atoms with Gasteiger partial charge in [0.1, 0.15) is 0 Å². The SMILES string of the molecule is CCC(COC)N(CC(=O)O)CC1CC1. The molecule has 0 aliphatic heterocycles. The molecule has 0 heterocycles. The lowest BCUT2D eigenvalue weighted by Gasteiger charge is -2.29. The van der Waals surface area contributed by atoms with E-state index in [1.54, 1.807) is 7.11 Å². The molecule has 0 amide bonds. The highest BCUT2D eigenvalue weighted by Gasteiger charge is 2.28. The van der Waals surface area contributed by atoms with Crippen LogP contribution in [-0.4, -0.2) is 48.8 Å². The molecule has 1 N–H and O–H groups in total. The van der Waals surface area contributed by atoms with Crippen molar-refractivity contribution >= 4 is 5.97 Å². The summed E-state index contributed by atoms with van der Waals surface area (Å²) in [6, 6.07) is 0.242. The summed E-state index contributed by atoms with van der Waals surface area (Å²) in [6.07, 6.45) is 3.44. The summed E-state index contributed by atoms with van der Waals surface area (Å²) >= 11 is 0. The van der Waals surface area contributed by atoms with Crippen molar-refractivity contribution in [2.45, 2.75) is 32.2 Å². The Labute approximate surface area is 91.2 Å². The quantitative estimate of drug-likeness (QED) is 0.661. The zero-order valence-corrected chi connectivity index (χ0v) is 9.61. The van der Waals surface area contributed by atoms with Crippen LogP contribution in [0.2, 0.25) is 0 Å². The minimum absolute atomic E-state index is 0.137. The van der Waals surface area contributed by atoms with Gasteiger partial charge in [0, 0.05) is 19.7 Å². The van der Waals surface area contributed by atoms with Crippen molar-refractivity contribution in [3.8, 4) is 0 Å². The molecule has 0 aromatic heterocycles. The standard InChI is InChI=1S/C11H21NO3/c1-3-10(8-15-2)12(7-11(13)14)6-9-4-5-9/h9-10H,3-8H2,1-2H3,(H,13,14). The first-order valence-corrected chi connectivity index (χ1v) is 5.62. The Morgan fingerprint density at radius 3 is 2.67 bits per heavy atom. The number of ether oxygens (including phenoxy) is 1. The van der Waals surface area contributed by atoms with Crippen LogP contribution in [0.1, 0.15) is 26.2 Å². The highest BCUT2D eigenvalue weighted by atomic mass is 16.5. The first-order chi connectivity index (χ1) is 7.17. The van der Waals surface area contributed by atoms with E-state index in [2.05, 4.69) is 6.92 Å². The molecule has 0 aromatic rings. The van der Waals surface area contributed by atoms with Crippen LogP contribution in [0, 0.1) is 5.92 Å². The van der Waals surface area contributed by atoms with E-state index >= 15 is 0 Å². The Bertz CT molecular complexity index is 204. The van der Waals surface area contributed by atoms with E-state index in [4.69, 9.17) is 9.84 Å². The van der Waals surface area contributed by atoms with Gasteiger partial charge >= 0.3 is 5.97 Å². The maximum atomic E-state index is 10.8. The molecule has 1 saturated carbocycles. The first kappa shape index (κ1) is 12.5. The van der Waals surface area contributed by atoms with Crippen molar-refractivity contribution in [1.82, 2.24) is 4.90 Å². The van der Waals surface area contributed by atoms with Crippen molar-refractivity contribution < 1.29 is 14.6 Å². The van der Waals surface area contributed by atoms with Crippen LogP contribution >= 0.6 is 0 Å². The summed E-state index contributed by atoms with van der Waals surface area (Å²) in [5.74, 6) is -0.0274. The number of nitrogens with zero attached hydrogens (tertiary/aromatic N) is 1. The van der Waals surface area contributed by atoms with E-state index in [-0.39, 0.29) is 12.6 Å². The molecule has 0 bridgehead atoms. The molecule has 1 aliphatic rings. The van der Waals surface area contributed by atoms with E-state index in [1.165, 1.54) is 12.8 Å². The van der Waals surface area contributed by atoms with Gasteiger partial charge in [0.2, 0.25) is 0 Å². The smallest absolute Gasteiger partial charge is 0.317 e. The van der Waals surface area contributed by atoms with Gasteiger partial charge in [-0.3, -0.25) is 9.69 Å². The Morgan fingerprint density at radius 1 is 1.60 bits per heavy atom. The molecule has 15 heavy (non-hydrogen) atoms. The first-order valence-electron chi connectivity index (χ1n) is 5.62. The second kappa shape index (κ2) is 6.08. The van der Waals surface area contributed by atoms with Crippen molar-refractivity contribution in [2.24, 2.45) is 5.92 Å². The van der Waals surface area contributed by atoms with Crippen molar-refractivity contribution in [3.63, 3.8) is 0 Å². The topological polar surface area (TPSA) is 49.8 Å². The third-order valence-corrected chi connectivity index (χ3v) is 2.87. The molecule has 0 aromatic carbocycles. The Morgan fingerprint density at radius 2 is 2.27 bits per heavy atom. The number of carbonyl (C=O) groups is 1. The number of carboxylic acids is 1. The summed E-state index contributed by atoms with van der Waals surface area (Å²) in [5.41, 5.74) is 0. The number of rotatable bonds is 8. The van der Waals surface area contributed by atoms with Crippen LogP contribution < -0.4 is 0 Å². The fraction of sp³-hybridized carbons (Fsp3) is 0.909. The molecule has 1 aliphatic carbocycles. The predicted octanol–water partition coefficient (Wildman–Crippen LogP) is 1.21. The van der Waals surface area contributed by atoms with Crippen LogP contribution in [0.5, 0.6) is 0 Å². The summed E-state index contributed by atoms with van der Waals surface area (Å²) < 4.78 is 5.12. The van der Waals surface area contributed by atoms with Crippen molar-refractivity contribution in [3.05, 3.63) is 0 Å². The van der Waals surface area contributed by atoms with Crippen LogP contribution in [0.15, 0.2) is 0 Å². The van der Waals surface area contributed by atoms with Gasteiger partial charge in [0.15, 0.2) is 0 Å². The fourth-order valence-electron chi connectivity index (χ4n) is 1.82. The van der Waals surface area contributed by atoms with Crippen LogP contribution in [0.3, 0.4) is 0 Å². The van der Waals surface area contributed by atoms with Crippen LogP contribution in [-0.2, 0) is 9.53 Å². The van der Waals surface area contributed by atoms with Gasteiger partial charge < -0.3 is 9.84 Å². The number of aliphatic carboxylic acids is 1. The Hall–Kier alpha value is -0.610. The van der Waals surface area contributed by atoms with Gasteiger partial charge in [-0.25, -0.2) is 0 Å². The molecule has 1 unspecified atom stereocenters. The molecule has 1 atom stereocenters. The monoisotopic (exact) mass is 215 g/mol. The lowest BCUT2D eigenvalue weighted by Crippen LogP contribution is -2.42. The Balaban J connectivity index is 2.45. The zero-order valence-electron chi connectivity index (χ0n) is 9.61. The zero-order chi connectivity index (χ0) is 11.3. The molecule has 0 radical (unpaired) electrons. The number of methoxy groups -OCH3 is 1. The van der Waals surface area contributed by atoms with Gasteiger partial charge in [-0.2, -0.15) is 0 Å². The Kier molecular flexibility index (Phi) is 5.05. The van der Waals surface area contributed by atoms with E-state index in [1.807, 2.05) is 4.90 Å². The summed E-state index contributed by atoms with van der Waals surface area (Å²) in [7, 11) is 1.67. The molecule has 4 nitrogen and oxygen atoms in total. The van der Waals surface area contributed by atoms with Gasteiger partial charge in [0.05, 0.1) is 13.2 Å². The fourth-order valence-corrected chi connectivity index (χ4v) is 1.82. The van der Waals surface area contributed by atoms with E-state index in [0.717, 1.165) is 18.9 Å². The maximum Gasteiger partial charge on any atom is 0.317 e. The number of carboxylic acid groups (broad SMARTS) is 1. The third-order valence-electron chi connectivity index (χ3n) is 2.87. The number of hydrogen-bond acceptors (Lipinski definition) is 3. The van der Waals surface area contributed by atoms with E-state index in [9.17, 15) is 4.79 Å². The third kappa shape index (κ3) is 4.62. The van der Waals surface area contributed by atoms with E-state index < -0.39 is 5.97 Å². The number of hydrogen-bond donors (Lipinski definition) is 1.